The predicted octanol–water partition coefficient (Wildman–Crippen LogP) is 3.12. The fraction of sp³-hybridized carbons (Fsp3) is 0.200. The molecule has 0 aliphatic rings. The third kappa shape index (κ3) is 2.77. The van der Waals surface area contributed by atoms with Crippen LogP contribution in [0.5, 0.6) is 0 Å². The Hall–Kier alpha value is -2.43. The minimum absolute atomic E-state index is 0.0323. The number of hydrogen-bond donors (Lipinski definition) is 1. The molecule has 4 nitrogen and oxygen atoms in total. The third-order valence-corrected chi connectivity index (χ3v) is 3.31. The number of nitrogens with zero attached hydrogens (tertiary/aromatic N) is 2. The fourth-order valence-corrected chi connectivity index (χ4v) is 2.00. The van der Waals surface area contributed by atoms with Crippen molar-refractivity contribution in [2.24, 2.45) is 0 Å². The molecule has 5 heteroatoms. The molecule has 0 aliphatic heterocycles. The molecular formula is C15H15FN2O2. The maximum Gasteiger partial charge on any atom is 0.354 e. The van der Waals surface area contributed by atoms with Crippen LogP contribution >= 0.6 is 0 Å². The van der Waals surface area contributed by atoms with Crippen molar-refractivity contribution in [3.05, 3.63) is 59.7 Å². The average molecular weight is 274 g/mol. The second-order valence-corrected chi connectivity index (χ2v) is 4.51. The molecule has 1 unspecified atom stereocenters. The van der Waals surface area contributed by atoms with Crippen LogP contribution in [0.15, 0.2) is 42.6 Å². The van der Waals surface area contributed by atoms with Crippen molar-refractivity contribution < 1.29 is 14.3 Å². The van der Waals surface area contributed by atoms with Gasteiger partial charge in [0.2, 0.25) is 0 Å². The molecule has 0 saturated heterocycles. The SMILES string of the molecule is CC(c1ccccc1F)N(C)c1ccnc(C(=O)O)c1. The quantitative estimate of drug-likeness (QED) is 0.930. The Morgan fingerprint density at radius 2 is 2.05 bits per heavy atom. The Bertz CT molecular complexity index is 631. The second-order valence-electron chi connectivity index (χ2n) is 4.51. The summed E-state index contributed by atoms with van der Waals surface area (Å²) in [4.78, 5) is 16.5. The molecule has 1 aromatic carbocycles. The van der Waals surface area contributed by atoms with E-state index >= 15 is 0 Å². The van der Waals surface area contributed by atoms with Gasteiger partial charge >= 0.3 is 5.97 Å². The normalized spacial score (nSPS) is 11.9. The maximum absolute atomic E-state index is 13.8. The second kappa shape index (κ2) is 5.69. The number of aromatic nitrogens is 1. The summed E-state index contributed by atoms with van der Waals surface area (Å²) in [5.74, 6) is -1.36. The number of anilines is 1. The number of carboxylic acids is 1. The first-order valence-corrected chi connectivity index (χ1v) is 6.17. The van der Waals surface area contributed by atoms with Gasteiger partial charge in [0.15, 0.2) is 0 Å². The number of carboxylic acid groups (broad SMARTS) is 1. The molecule has 1 N–H and O–H groups in total. The van der Waals surface area contributed by atoms with Crippen LogP contribution in [0, 0.1) is 5.82 Å². The zero-order chi connectivity index (χ0) is 14.7. The summed E-state index contributed by atoms with van der Waals surface area (Å²) in [5.41, 5.74) is 1.20. The van der Waals surface area contributed by atoms with E-state index < -0.39 is 5.97 Å². The number of carbonyl (C=O) groups is 1. The highest BCUT2D eigenvalue weighted by Gasteiger charge is 2.17. The van der Waals surface area contributed by atoms with E-state index in [2.05, 4.69) is 4.98 Å². The lowest BCUT2D eigenvalue weighted by Crippen LogP contribution is -2.23. The zero-order valence-corrected chi connectivity index (χ0v) is 11.2. The van der Waals surface area contributed by atoms with E-state index in [1.807, 2.05) is 11.8 Å². The molecule has 1 aromatic heterocycles. The highest BCUT2D eigenvalue weighted by molar-refractivity contribution is 5.86. The van der Waals surface area contributed by atoms with Crippen molar-refractivity contribution in [1.29, 1.82) is 0 Å². The van der Waals surface area contributed by atoms with Gasteiger partial charge in [-0.1, -0.05) is 18.2 Å². The van der Waals surface area contributed by atoms with Crippen LogP contribution in [-0.2, 0) is 0 Å². The van der Waals surface area contributed by atoms with Crippen LogP contribution in [0.4, 0.5) is 10.1 Å². The van der Waals surface area contributed by atoms with Crippen LogP contribution in [-0.4, -0.2) is 23.1 Å². The van der Waals surface area contributed by atoms with Gasteiger partial charge in [-0.05, 0) is 25.1 Å². The molecule has 0 radical (unpaired) electrons. The van der Waals surface area contributed by atoms with Crippen LogP contribution in [0.1, 0.15) is 29.0 Å². The molecule has 0 aliphatic carbocycles. The summed E-state index contributed by atoms with van der Waals surface area (Å²) in [6.45, 7) is 1.86. The van der Waals surface area contributed by atoms with Gasteiger partial charge in [0.05, 0.1) is 6.04 Å². The largest absolute Gasteiger partial charge is 0.477 e. The van der Waals surface area contributed by atoms with Gasteiger partial charge < -0.3 is 10.0 Å². The average Bonchev–Trinajstić information content (AvgIpc) is 2.46. The van der Waals surface area contributed by atoms with Crippen molar-refractivity contribution in [2.75, 3.05) is 11.9 Å². The van der Waals surface area contributed by atoms with Crippen LogP contribution in [0.3, 0.4) is 0 Å². The number of aromatic carboxylic acids is 1. The summed E-state index contributed by atoms with van der Waals surface area (Å²) in [6.07, 6.45) is 1.43. The lowest BCUT2D eigenvalue weighted by Gasteiger charge is -2.27. The Balaban J connectivity index is 2.31. The molecule has 0 spiro atoms. The molecule has 0 fully saturated rings. The van der Waals surface area contributed by atoms with Gasteiger partial charge in [-0.2, -0.15) is 0 Å². The Kier molecular flexibility index (Phi) is 3.98. The smallest absolute Gasteiger partial charge is 0.354 e. The van der Waals surface area contributed by atoms with E-state index in [-0.39, 0.29) is 17.6 Å². The van der Waals surface area contributed by atoms with Crippen molar-refractivity contribution >= 4 is 11.7 Å². The minimum Gasteiger partial charge on any atom is -0.477 e. The summed E-state index contributed by atoms with van der Waals surface area (Å²) in [5, 5.41) is 8.95. The minimum atomic E-state index is -1.08. The number of halogens is 1. The monoisotopic (exact) mass is 274 g/mol. The van der Waals surface area contributed by atoms with E-state index in [1.54, 1.807) is 31.3 Å². The van der Waals surface area contributed by atoms with Crippen LogP contribution in [0.25, 0.3) is 0 Å². The lowest BCUT2D eigenvalue weighted by atomic mass is 10.1. The molecule has 0 saturated carbocycles. The summed E-state index contributed by atoms with van der Waals surface area (Å²) >= 11 is 0. The van der Waals surface area contributed by atoms with Crippen molar-refractivity contribution in [1.82, 2.24) is 4.98 Å². The number of hydrogen-bond acceptors (Lipinski definition) is 3. The molecule has 0 bridgehead atoms. The topological polar surface area (TPSA) is 53.4 Å². The first-order valence-electron chi connectivity index (χ1n) is 6.17. The third-order valence-electron chi connectivity index (χ3n) is 3.31. The van der Waals surface area contributed by atoms with E-state index in [9.17, 15) is 9.18 Å². The Morgan fingerprint density at radius 1 is 1.35 bits per heavy atom. The first kappa shape index (κ1) is 14.0. The summed E-state index contributed by atoms with van der Waals surface area (Å²) in [7, 11) is 1.79. The van der Waals surface area contributed by atoms with E-state index in [1.165, 1.54) is 18.3 Å². The summed E-state index contributed by atoms with van der Waals surface area (Å²) in [6, 6.07) is 9.49. The van der Waals surface area contributed by atoms with Gasteiger partial charge in [-0.25, -0.2) is 14.2 Å². The summed E-state index contributed by atoms with van der Waals surface area (Å²) < 4.78 is 13.8. The number of benzene rings is 1. The molecule has 1 atom stereocenters. The number of pyridine rings is 1. The van der Waals surface area contributed by atoms with Gasteiger partial charge in [0, 0.05) is 24.5 Å². The highest BCUT2D eigenvalue weighted by atomic mass is 19.1. The van der Waals surface area contributed by atoms with E-state index in [0.29, 0.717) is 11.3 Å². The zero-order valence-electron chi connectivity index (χ0n) is 11.2. The molecule has 104 valence electrons. The molecule has 1 heterocycles. The van der Waals surface area contributed by atoms with Crippen molar-refractivity contribution in [2.45, 2.75) is 13.0 Å². The Labute approximate surface area is 116 Å². The van der Waals surface area contributed by atoms with Crippen molar-refractivity contribution in [3.63, 3.8) is 0 Å². The van der Waals surface area contributed by atoms with E-state index in [4.69, 9.17) is 5.11 Å². The van der Waals surface area contributed by atoms with E-state index in [0.717, 1.165) is 0 Å². The number of rotatable bonds is 4. The van der Waals surface area contributed by atoms with Gasteiger partial charge in [-0.3, -0.25) is 0 Å². The van der Waals surface area contributed by atoms with Gasteiger partial charge in [0.1, 0.15) is 11.5 Å². The van der Waals surface area contributed by atoms with Gasteiger partial charge in [0.25, 0.3) is 0 Å². The highest BCUT2D eigenvalue weighted by Crippen LogP contribution is 2.26. The molecule has 2 aromatic rings. The molecule has 0 amide bonds. The standard InChI is InChI=1S/C15H15FN2O2/c1-10(12-5-3-4-6-13(12)16)18(2)11-7-8-17-14(9-11)15(19)20/h3-10H,1-2H3,(H,19,20). The predicted molar refractivity (Wildman–Crippen MR) is 74.4 cm³/mol. The van der Waals surface area contributed by atoms with Crippen molar-refractivity contribution in [3.8, 4) is 0 Å². The fourth-order valence-electron chi connectivity index (χ4n) is 2.00. The molecule has 20 heavy (non-hydrogen) atoms. The molecule has 2 rings (SSSR count). The first-order chi connectivity index (χ1) is 9.50. The Morgan fingerprint density at radius 3 is 2.70 bits per heavy atom. The maximum atomic E-state index is 13.8. The van der Waals surface area contributed by atoms with Crippen LogP contribution < -0.4 is 4.90 Å². The van der Waals surface area contributed by atoms with Gasteiger partial charge in [-0.15, -0.1) is 0 Å². The van der Waals surface area contributed by atoms with Crippen LogP contribution in [0.2, 0.25) is 0 Å². The molecular weight excluding hydrogens is 259 g/mol. The lowest BCUT2D eigenvalue weighted by molar-refractivity contribution is 0.0690.